The maximum Gasteiger partial charge on any atom is 0.414 e. The van der Waals surface area contributed by atoms with E-state index in [1.165, 1.54) is 18.4 Å². The first-order chi connectivity index (χ1) is 15.6. The van der Waals surface area contributed by atoms with Gasteiger partial charge in [0.05, 0.1) is 12.2 Å². The lowest BCUT2D eigenvalue weighted by molar-refractivity contribution is -0.159. The van der Waals surface area contributed by atoms with Crippen molar-refractivity contribution in [3.63, 3.8) is 0 Å². The summed E-state index contributed by atoms with van der Waals surface area (Å²) in [6.07, 6.45) is 9.45. The summed E-state index contributed by atoms with van der Waals surface area (Å²) in [5.41, 5.74) is 1.68. The highest BCUT2D eigenvalue weighted by atomic mass is 16.6. The fraction of sp³-hybridized carbons (Fsp3) is 0.640. The van der Waals surface area contributed by atoms with Gasteiger partial charge in [0.15, 0.2) is 0 Å². The van der Waals surface area contributed by atoms with Crippen molar-refractivity contribution in [2.24, 2.45) is 23.2 Å². The average molecular weight is 462 g/mol. The fourth-order valence-electron chi connectivity index (χ4n) is 5.73. The molecule has 8 heteroatoms. The number of rotatable bonds is 6. The summed E-state index contributed by atoms with van der Waals surface area (Å²) in [6, 6.07) is 4.29. The van der Waals surface area contributed by atoms with Gasteiger partial charge in [-0.2, -0.15) is 0 Å². The van der Waals surface area contributed by atoms with Gasteiger partial charge in [-0.15, -0.1) is 0 Å². The molecule has 3 N–H and O–H groups in total. The van der Waals surface area contributed by atoms with Crippen molar-refractivity contribution in [1.82, 2.24) is 5.32 Å². The zero-order valence-corrected chi connectivity index (χ0v) is 19.4. The summed E-state index contributed by atoms with van der Waals surface area (Å²) in [6.45, 7) is 9.66. The second kappa shape index (κ2) is 10.5. The van der Waals surface area contributed by atoms with E-state index in [0.717, 1.165) is 44.4 Å². The summed E-state index contributed by atoms with van der Waals surface area (Å²) < 4.78 is 11.3. The molecule has 0 spiro atoms. The minimum absolute atomic E-state index is 0.00333. The maximum atomic E-state index is 12.6. The first-order valence-electron chi connectivity index (χ1n) is 11.7. The highest BCUT2D eigenvalue weighted by molar-refractivity contribution is 6.27. The first-order valence-corrected chi connectivity index (χ1v) is 11.7. The molecule has 0 aromatic carbocycles. The number of ether oxygens (including phenoxy) is 1. The summed E-state index contributed by atoms with van der Waals surface area (Å²) in [4.78, 5) is 30.8. The number of aliphatic carboxylic acids is 2. The zero-order chi connectivity index (χ0) is 24.2. The molecular weight excluding hydrogens is 426 g/mol. The van der Waals surface area contributed by atoms with Crippen molar-refractivity contribution < 1.29 is 33.8 Å². The van der Waals surface area contributed by atoms with E-state index in [4.69, 9.17) is 29.0 Å². The van der Waals surface area contributed by atoms with Gasteiger partial charge < -0.3 is 24.7 Å². The largest absolute Gasteiger partial charge is 0.473 e. The van der Waals surface area contributed by atoms with Crippen molar-refractivity contribution in [2.75, 3.05) is 6.54 Å². The predicted octanol–water partition coefficient (Wildman–Crippen LogP) is 3.66. The molecule has 1 aromatic rings. The third kappa shape index (κ3) is 6.05. The van der Waals surface area contributed by atoms with Crippen molar-refractivity contribution >= 4 is 17.9 Å². The van der Waals surface area contributed by atoms with E-state index in [1.54, 1.807) is 6.26 Å². The highest BCUT2D eigenvalue weighted by Crippen LogP contribution is 2.56. The molecule has 182 valence electrons. The van der Waals surface area contributed by atoms with Gasteiger partial charge in [-0.1, -0.05) is 19.1 Å². The summed E-state index contributed by atoms with van der Waals surface area (Å²) >= 11 is 0. The molecule has 3 fully saturated rings. The van der Waals surface area contributed by atoms with Gasteiger partial charge in [0.1, 0.15) is 11.9 Å². The molecular formula is C25H35NO7. The van der Waals surface area contributed by atoms with E-state index >= 15 is 0 Å². The van der Waals surface area contributed by atoms with E-state index in [2.05, 4.69) is 25.7 Å². The van der Waals surface area contributed by atoms with E-state index < -0.39 is 11.9 Å². The zero-order valence-electron chi connectivity index (χ0n) is 19.4. The molecule has 2 saturated carbocycles. The van der Waals surface area contributed by atoms with Gasteiger partial charge in [-0.05, 0) is 68.9 Å². The number of esters is 1. The third-order valence-electron chi connectivity index (χ3n) is 7.59. The van der Waals surface area contributed by atoms with Crippen LogP contribution < -0.4 is 5.32 Å². The van der Waals surface area contributed by atoms with Crippen molar-refractivity contribution in [2.45, 2.75) is 70.9 Å². The molecule has 2 aliphatic carbocycles. The monoisotopic (exact) mass is 461 g/mol. The molecule has 3 aliphatic rings. The number of hydrogen-bond donors (Lipinski definition) is 3. The van der Waals surface area contributed by atoms with E-state index in [-0.39, 0.29) is 23.4 Å². The number of furan rings is 1. The van der Waals surface area contributed by atoms with Crippen LogP contribution in [0.25, 0.3) is 0 Å². The van der Waals surface area contributed by atoms with Crippen molar-refractivity contribution in [1.29, 1.82) is 0 Å². The van der Waals surface area contributed by atoms with Gasteiger partial charge in [0, 0.05) is 24.9 Å². The predicted molar refractivity (Wildman–Crippen MR) is 120 cm³/mol. The van der Waals surface area contributed by atoms with Crippen LogP contribution in [0.3, 0.4) is 0 Å². The van der Waals surface area contributed by atoms with Gasteiger partial charge in [-0.25, -0.2) is 9.59 Å². The number of nitrogens with one attached hydrogen (secondary N) is 1. The number of carbonyl (C=O) groups is 3. The molecule has 0 bridgehead atoms. The molecule has 4 rings (SSSR count). The molecule has 2 heterocycles. The molecule has 1 saturated heterocycles. The van der Waals surface area contributed by atoms with Crippen LogP contribution in [0, 0.1) is 23.2 Å². The Morgan fingerprint density at radius 1 is 1.33 bits per heavy atom. The SMILES string of the molecule is C=C1CCC[C@]2(C)C[C@H]3OC(=O)C(CNC(C)CCc4ccco4)[C@H]3C[C@@H]12.O=C(O)C(=O)O. The number of allylic oxidation sites excluding steroid dienone is 1. The Kier molecular flexibility index (Phi) is 8.00. The Morgan fingerprint density at radius 3 is 2.70 bits per heavy atom. The lowest BCUT2D eigenvalue weighted by atomic mass is 9.55. The lowest BCUT2D eigenvalue weighted by Gasteiger charge is -2.50. The quantitative estimate of drug-likeness (QED) is 0.333. The molecule has 1 aromatic heterocycles. The first kappa shape index (κ1) is 25.0. The van der Waals surface area contributed by atoms with Crippen LogP contribution in [0.5, 0.6) is 0 Å². The van der Waals surface area contributed by atoms with E-state index in [1.807, 2.05) is 12.1 Å². The summed E-state index contributed by atoms with van der Waals surface area (Å²) in [5, 5.41) is 18.4. The molecule has 33 heavy (non-hydrogen) atoms. The standard InChI is InChI=1S/C23H33NO3.C2H2O4/c1-15-6-4-10-23(3)13-21-18(12-20(15)23)19(22(25)27-21)14-24-16(2)8-9-17-7-5-11-26-17;3-1(4)2(5)6/h5,7,11,16,18-21,24H,1,4,6,8-10,12-14H2,2-3H3;(H,3,4)(H,5,6)/t16?,18-,19?,20+,21-,23-;/m1./s1. The third-order valence-corrected chi connectivity index (χ3v) is 7.59. The number of hydrogen-bond acceptors (Lipinski definition) is 6. The topological polar surface area (TPSA) is 126 Å². The molecule has 6 atom stereocenters. The Bertz CT molecular complexity index is 852. The fourth-order valence-corrected chi connectivity index (χ4v) is 5.73. The minimum atomic E-state index is -1.82. The second-order valence-corrected chi connectivity index (χ2v) is 9.94. The number of carbonyl (C=O) groups excluding carboxylic acids is 1. The van der Waals surface area contributed by atoms with Gasteiger partial charge >= 0.3 is 17.9 Å². The molecule has 2 unspecified atom stereocenters. The smallest absolute Gasteiger partial charge is 0.414 e. The van der Waals surface area contributed by atoms with Crippen LogP contribution in [0.2, 0.25) is 0 Å². The Labute approximate surface area is 194 Å². The van der Waals surface area contributed by atoms with Crippen molar-refractivity contribution in [3.05, 3.63) is 36.3 Å². The Hall–Kier alpha value is -2.61. The summed E-state index contributed by atoms with van der Waals surface area (Å²) in [5.74, 6) is -1.74. The molecule has 1 aliphatic heterocycles. The highest BCUT2D eigenvalue weighted by Gasteiger charge is 2.54. The van der Waals surface area contributed by atoms with Gasteiger partial charge in [0.2, 0.25) is 0 Å². The minimum Gasteiger partial charge on any atom is -0.473 e. The van der Waals surface area contributed by atoms with Crippen LogP contribution in [0.1, 0.15) is 58.1 Å². The summed E-state index contributed by atoms with van der Waals surface area (Å²) in [7, 11) is 0. The Balaban J connectivity index is 0.000000454. The van der Waals surface area contributed by atoms with Gasteiger partial charge in [0.25, 0.3) is 0 Å². The van der Waals surface area contributed by atoms with Crippen LogP contribution in [-0.2, 0) is 25.5 Å². The van der Waals surface area contributed by atoms with Crippen LogP contribution in [0.15, 0.2) is 35.0 Å². The second-order valence-electron chi connectivity index (χ2n) is 9.94. The average Bonchev–Trinajstić information content (AvgIpc) is 3.36. The normalized spacial score (nSPS) is 31.5. The van der Waals surface area contributed by atoms with Crippen LogP contribution in [-0.4, -0.2) is 46.8 Å². The maximum absolute atomic E-state index is 12.6. The number of carboxylic acid groups (broad SMARTS) is 2. The number of carboxylic acids is 2. The molecule has 8 nitrogen and oxygen atoms in total. The molecule has 0 radical (unpaired) electrons. The van der Waals surface area contributed by atoms with E-state index in [9.17, 15) is 4.79 Å². The van der Waals surface area contributed by atoms with Gasteiger partial charge in [-0.3, -0.25) is 4.79 Å². The molecule has 0 amide bonds. The number of fused-ring (bicyclic) bond motifs is 2. The van der Waals surface area contributed by atoms with E-state index in [0.29, 0.717) is 17.9 Å². The lowest BCUT2D eigenvalue weighted by Crippen LogP contribution is -2.45. The number of aryl methyl sites for hydroxylation is 1. The Morgan fingerprint density at radius 2 is 2.06 bits per heavy atom. The van der Waals surface area contributed by atoms with Crippen LogP contribution >= 0.6 is 0 Å². The van der Waals surface area contributed by atoms with Crippen LogP contribution in [0.4, 0.5) is 0 Å². The van der Waals surface area contributed by atoms with Crippen molar-refractivity contribution in [3.8, 4) is 0 Å².